The normalized spacial score (nSPS) is 18.8. The molecule has 9 rings (SSSR count). The Hall–Kier alpha value is -7.99. The van der Waals surface area contributed by atoms with Crippen LogP contribution >= 0.6 is 18.9 Å². The number of β-amino-alcohol motifs (C(OH)–C–C–N with tert-alkyl or cyclic N) is 1. The largest absolute Gasteiger partial charge is 0.396 e. The SMILES string of the molecule is Cc1ncsc1-c1ccc([C@H](C)NC(=O)[C@@H]2C[C@@H](O)CN2C(=O)[C@@H](NC(=O)CCCCc2ccc(CO[C@H](C)[C@H](CCC(N)=O)NC(=O)[C@@H]3Cc4cccc5c4N3C(=O)[C@@H](NC(=O)c3cc4cc(C(=O)P(=O)(O)O)ccc4[nH]3)CC5)cc2F)C(C)(C)C)cc1. The van der Waals surface area contributed by atoms with Gasteiger partial charge in [0.1, 0.15) is 35.7 Å². The molecule has 0 bridgehead atoms. The van der Waals surface area contributed by atoms with Crippen molar-refractivity contribution in [3.8, 4) is 10.4 Å². The Balaban J connectivity index is 0.764. The molecule has 0 spiro atoms. The zero-order chi connectivity index (χ0) is 64.2. The predicted molar refractivity (Wildman–Crippen MR) is 331 cm³/mol. The lowest BCUT2D eigenvalue weighted by Gasteiger charge is -2.35. The number of aliphatic hydroxyl groups excluding tert-OH is 1. The molecule has 8 atom stereocenters. The number of anilines is 1. The second kappa shape index (κ2) is 27.4. The highest BCUT2D eigenvalue weighted by molar-refractivity contribution is 7.70. The summed E-state index contributed by atoms with van der Waals surface area (Å²) in [6.45, 7) is 10.8. The van der Waals surface area contributed by atoms with E-state index in [1.165, 1.54) is 40.1 Å². The maximum Gasteiger partial charge on any atom is 0.396 e. The number of nitrogens with two attached hydrogens (primary N) is 1. The topological polar surface area (TPSA) is 333 Å². The molecule has 89 heavy (non-hydrogen) atoms. The number of thiazole rings is 1. The molecular weight excluding hydrogens is 1180 g/mol. The van der Waals surface area contributed by atoms with Gasteiger partial charge in [-0.05, 0) is 128 Å². The molecule has 3 aliphatic heterocycles. The van der Waals surface area contributed by atoms with Gasteiger partial charge in [0.15, 0.2) is 0 Å². The van der Waals surface area contributed by atoms with Crippen molar-refractivity contribution in [2.45, 2.75) is 161 Å². The smallest absolute Gasteiger partial charge is 0.391 e. The molecule has 0 saturated carbocycles. The van der Waals surface area contributed by atoms with Gasteiger partial charge in [-0.1, -0.05) is 75.4 Å². The van der Waals surface area contributed by atoms with E-state index in [2.05, 4.69) is 31.2 Å². The van der Waals surface area contributed by atoms with Crippen LogP contribution in [0.5, 0.6) is 0 Å². The second-order valence-corrected chi connectivity index (χ2v) is 26.8. The number of carbonyl (C=O) groups excluding carboxylic acids is 8. The maximum absolute atomic E-state index is 15.7. The number of nitrogens with zero attached hydrogens (tertiary/aromatic N) is 3. The first-order valence-electron chi connectivity index (χ1n) is 29.7. The molecule has 1 fully saturated rings. The number of likely N-dealkylation sites (tertiary alicyclic amines) is 1. The minimum Gasteiger partial charge on any atom is -0.391 e. The van der Waals surface area contributed by atoms with E-state index in [1.807, 2.05) is 77.1 Å². The second-order valence-electron chi connectivity index (χ2n) is 24.4. The van der Waals surface area contributed by atoms with Gasteiger partial charge in [0, 0.05) is 48.7 Å². The Labute approximate surface area is 518 Å². The summed E-state index contributed by atoms with van der Waals surface area (Å²) in [6, 6.07) is 18.0. The summed E-state index contributed by atoms with van der Waals surface area (Å²) < 4.78 is 33.5. The van der Waals surface area contributed by atoms with Gasteiger partial charge in [0.2, 0.25) is 35.4 Å². The van der Waals surface area contributed by atoms with Gasteiger partial charge in [-0.25, -0.2) is 9.37 Å². The van der Waals surface area contributed by atoms with Crippen LogP contribution < -0.4 is 31.9 Å². The van der Waals surface area contributed by atoms with E-state index >= 15 is 4.39 Å². The molecule has 6 aromatic rings. The number of hydrogen-bond donors (Lipinski definition) is 9. The standard InChI is InChI=1S/C64H75FN9O13PS/c1-34(38-16-18-41(19-17-38)56-35(2)67-33-89-56)68-59(79)51-30-45(75)31-73(51)62(82)57(64(4,5)6)72-54(77)13-8-7-10-39-15-14-37(26-46(39)65)32-87-36(3)47(24-25-53(66)76)70-60(80)52-29-42-12-9-11-40-20-23-49(61(81)74(52)55(40)42)71-58(78)50-28-44-27-43(21-22-48(44)69-50)63(83)88(84,85)86/h9,11-12,14-19,21-22,26-28,33-34,36,45,47,49,51-52,57,69,75H,7-8,10,13,20,23-25,29-32H2,1-6H3,(H2,66,76)(H,68,79)(H,70,80)(H,71,78)(H,72,77)(H2,84,85,86)/t34-,36+,45+,47-,49-,51-,52-,57+/m0/s1. The van der Waals surface area contributed by atoms with E-state index in [-0.39, 0.29) is 62.9 Å². The lowest BCUT2D eigenvalue weighted by atomic mass is 9.85. The van der Waals surface area contributed by atoms with Crippen LogP contribution in [0.2, 0.25) is 0 Å². The number of H-pyrrole nitrogens is 1. The molecule has 0 aliphatic carbocycles. The number of aromatic amines is 1. The maximum atomic E-state index is 15.7. The van der Waals surface area contributed by atoms with Crippen molar-refractivity contribution < 1.29 is 66.9 Å². The lowest BCUT2D eigenvalue weighted by molar-refractivity contribution is -0.144. The fourth-order valence-corrected chi connectivity index (χ4v) is 13.1. The number of rotatable bonds is 24. The molecular formula is C64H75FN9O13PS. The summed E-state index contributed by atoms with van der Waals surface area (Å²) in [5, 5.41) is 22.7. The van der Waals surface area contributed by atoms with Crippen molar-refractivity contribution >= 4 is 82.4 Å². The predicted octanol–water partition coefficient (Wildman–Crippen LogP) is 6.50. The number of halogens is 1. The van der Waals surface area contributed by atoms with Crippen LogP contribution in [-0.2, 0) is 63.9 Å². The average Bonchev–Trinajstić information content (AvgIpc) is 1.68. The monoisotopic (exact) mass is 1260 g/mol. The summed E-state index contributed by atoms with van der Waals surface area (Å²) in [4.78, 5) is 138. The van der Waals surface area contributed by atoms with Crippen molar-refractivity contribution in [2.24, 2.45) is 11.1 Å². The van der Waals surface area contributed by atoms with Crippen LogP contribution in [0, 0.1) is 18.2 Å². The highest BCUT2D eigenvalue weighted by Gasteiger charge is 2.47. The molecule has 25 heteroatoms. The number of fused-ring (bicyclic) bond motifs is 1. The summed E-state index contributed by atoms with van der Waals surface area (Å²) in [7, 11) is -5.07. The molecule has 472 valence electrons. The highest BCUT2D eigenvalue weighted by atomic mass is 32.1. The molecule has 0 radical (unpaired) electrons. The van der Waals surface area contributed by atoms with E-state index in [9.17, 15) is 57.8 Å². The Bertz CT molecular complexity index is 3750. The third-order valence-electron chi connectivity index (χ3n) is 16.8. The zero-order valence-electron chi connectivity index (χ0n) is 50.3. The molecule has 1 saturated heterocycles. The van der Waals surface area contributed by atoms with Gasteiger partial charge in [-0.2, -0.15) is 0 Å². The fourth-order valence-electron chi connectivity index (χ4n) is 11.8. The Morgan fingerprint density at radius 1 is 0.910 bits per heavy atom. The van der Waals surface area contributed by atoms with E-state index in [4.69, 9.17) is 10.5 Å². The van der Waals surface area contributed by atoms with Gasteiger partial charge in [0.25, 0.3) is 11.4 Å². The number of unbranched alkanes of at least 4 members (excludes halogenated alkanes) is 1. The molecule has 2 aromatic heterocycles. The minimum absolute atomic E-state index is 0.0161. The van der Waals surface area contributed by atoms with Crippen LogP contribution in [0.15, 0.2) is 90.4 Å². The number of primary amides is 1. The first kappa shape index (κ1) is 65.5. The van der Waals surface area contributed by atoms with Gasteiger partial charge < -0.3 is 56.5 Å². The minimum atomic E-state index is -5.07. The highest BCUT2D eigenvalue weighted by Crippen LogP contribution is 2.41. The number of carbonyl (C=O) groups is 8. The van der Waals surface area contributed by atoms with Crippen molar-refractivity contribution in [1.82, 2.24) is 36.1 Å². The quantitative estimate of drug-likeness (QED) is 0.0231. The lowest BCUT2D eigenvalue weighted by Crippen LogP contribution is -2.57. The Kier molecular flexibility index (Phi) is 20.2. The number of hydrogen-bond acceptors (Lipinski definition) is 13. The summed E-state index contributed by atoms with van der Waals surface area (Å²) >= 11 is 1.55. The molecule has 10 N–H and O–H groups in total. The third-order valence-corrected chi connectivity index (χ3v) is 18.5. The number of aryl methyl sites for hydroxylation is 3. The van der Waals surface area contributed by atoms with Gasteiger partial charge >= 0.3 is 7.60 Å². The molecule has 22 nitrogen and oxygen atoms in total. The first-order valence-corrected chi connectivity index (χ1v) is 32.2. The summed E-state index contributed by atoms with van der Waals surface area (Å²) in [6.07, 6.45) is 0.192. The van der Waals surface area contributed by atoms with E-state index in [0.29, 0.717) is 53.4 Å². The third kappa shape index (κ3) is 15.4. The Morgan fingerprint density at radius 3 is 2.33 bits per heavy atom. The van der Waals surface area contributed by atoms with Gasteiger partial charge in [0.05, 0.1) is 52.7 Å². The molecule has 7 amide bonds. The van der Waals surface area contributed by atoms with Crippen molar-refractivity contribution in [2.75, 3.05) is 11.4 Å². The fraction of sp³-hybridized carbons (Fsp3) is 0.422. The molecule has 0 unspecified atom stereocenters. The van der Waals surface area contributed by atoms with Crippen molar-refractivity contribution in [1.29, 1.82) is 0 Å². The molecule has 4 aromatic carbocycles. The van der Waals surface area contributed by atoms with Crippen molar-refractivity contribution in [3.63, 3.8) is 0 Å². The zero-order valence-corrected chi connectivity index (χ0v) is 52.1. The van der Waals surface area contributed by atoms with E-state index < -0.39 is 114 Å². The first-order chi connectivity index (χ1) is 42.1. The van der Waals surface area contributed by atoms with Crippen LogP contribution in [0.3, 0.4) is 0 Å². The molecule has 3 aliphatic rings. The number of ether oxygens (including phenoxy) is 1. The number of benzene rings is 4. The number of aliphatic hydroxyl groups is 1. The van der Waals surface area contributed by atoms with E-state index in [0.717, 1.165) is 32.8 Å². The summed E-state index contributed by atoms with van der Waals surface area (Å²) in [5.74, 6) is -4.16. The van der Waals surface area contributed by atoms with Gasteiger partial charge in [-0.15, -0.1) is 11.3 Å². The number of amides is 7. The number of para-hydroxylation sites is 1. The van der Waals surface area contributed by atoms with Crippen LogP contribution in [0.1, 0.15) is 140 Å². The van der Waals surface area contributed by atoms with Crippen molar-refractivity contribution in [3.05, 3.63) is 141 Å². The van der Waals surface area contributed by atoms with Crippen LogP contribution in [0.25, 0.3) is 21.3 Å². The van der Waals surface area contributed by atoms with E-state index in [1.54, 1.807) is 35.9 Å². The van der Waals surface area contributed by atoms with Crippen LogP contribution in [-0.4, -0.2) is 126 Å². The summed E-state index contributed by atoms with van der Waals surface area (Å²) in [5.41, 5.74) is 11.2. The number of aromatic nitrogens is 2. The average molecular weight is 1260 g/mol. The molecule has 5 heterocycles. The number of nitrogens with one attached hydrogen (secondary N) is 5. The van der Waals surface area contributed by atoms with Crippen LogP contribution in [0.4, 0.5) is 10.1 Å². The van der Waals surface area contributed by atoms with Gasteiger partial charge in [-0.3, -0.25) is 47.8 Å². The Morgan fingerprint density at radius 2 is 1.64 bits per heavy atom.